The van der Waals surface area contributed by atoms with Crippen molar-refractivity contribution in [3.63, 3.8) is 0 Å². The van der Waals surface area contributed by atoms with Gasteiger partial charge in [-0.15, -0.1) is 0 Å². The summed E-state index contributed by atoms with van der Waals surface area (Å²) in [5.41, 5.74) is 0.546. The van der Waals surface area contributed by atoms with Crippen molar-refractivity contribution < 1.29 is 36.6 Å². The first-order valence-corrected chi connectivity index (χ1v) is 14.7. The van der Waals surface area contributed by atoms with Crippen LogP contribution in [0.1, 0.15) is 18.9 Å². The van der Waals surface area contributed by atoms with Crippen molar-refractivity contribution in [2.45, 2.75) is 30.8 Å². The Kier molecular flexibility index (Phi) is 11.0. The lowest BCUT2D eigenvalue weighted by atomic mass is 10.1. The van der Waals surface area contributed by atoms with E-state index < -0.39 is 40.2 Å². The summed E-state index contributed by atoms with van der Waals surface area (Å²) in [5, 5.41) is 2.75. The number of ether oxygens (including phenoxy) is 3. The molecule has 42 heavy (non-hydrogen) atoms. The molecule has 0 radical (unpaired) electrons. The zero-order chi connectivity index (χ0) is 31.0. The second kappa shape index (κ2) is 14.2. The highest BCUT2D eigenvalue weighted by Gasteiger charge is 2.35. The van der Waals surface area contributed by atoms with E-state index in [9.17, 15) is 22.4 Å². The summed E-state index contributed by atoms with van der Waals surface area (Å²) in [7, 11) is 1.12. The number of nitrogens with one attached hydrogen (secondary N) is 1. The number of carbonyl (C=O) groups is 2. The first-order valence-electron chi connectivity index (χ1n) is 12.8. The standard InChI is InChI=1S/C29H33ClFN3O7S/c1-6-23(29(36)32-2)33(17-19-7-10-21(31)11-8-19)28(35)18-34(24-15-20(30)9-13-25(24)39-3)42(37,38)22-12-14-26(40-4)27(16-22)41-5/h7-16,23H,6,17-18H2,1-5H3,(H,32,36). The predicted octanol–water partition coefficient (Wildman–Crippen LogP) is 4.25. The molecule has 3 aromatic carbocycles. The highest BCUT2D eigenvalue weighted by atomic mass is 35.5. The SMILES string of the molecule is CCC(C(=O)NC)N(Cc1ccc(F)cc1)C(=O)CN(c1cc(Cl)ccc1OC)S(=O)(=O)c1ccc(OC)c(OC)c1. The topological polar surface area (TPSA) is 114 Å². The molecule has 0 fully saturated rings. The van der Waals surface area contributed by atoms with Crippen molar-refractivity contribution in [2.24, 2.45) is 0 Å². The molecular weight excluding hydrogens is 589 g/mol. The molecule has 1 unspecified atom stereocenters. The van der Waals surface area contributed by atoms with Crippen LogP contribution in [0.2, 0.25) is 5.02 Å². The Labute approximate surface area is 250 Å². The van der Waals surface area contributed by atoms with Gasteiger partial charge in [0.05, 0.1) is 31.9 Å². The molecule has 0 aliphatic heterocycles. The Morgan fingerprint density at radius 3 is 2.12 bits per heavy atom. The number of sulfonamides is 1. The molecule has 0 spiro atoms. The van der Waals surface area contributed by atoms with Crippen molar-refractivity contribution in [1.29, 1.82) is 0 Å². The van der Waals surface area contributed by atoms with Crippen LogP contribution < -0.4 is 23.8 Å². The van der Waals surface area contributed by atoms with E-state index in [0.717, 1.165) is 4.31 Å². The summed E-state index contributed by atoms with van der Waals surface area (Å²) in [6, 6.07) is 12.9. The number of rotatable bonds is 13. The van der Waals surface area contributed by atoms with Crippen LogP contribution in [0.4, 0.5) is 10.1 Å². The second-order valence-electron chi connectivity index (χ2n) is 9.03. The number of amides is 2. The number of carbonyl (C=O) groups excluding carboxylic acids is 2. The molecule has 13 heteroatoms. The van der Waals surface area contributed by atoms with Crippen molar-refractivity contribution in [1.82, 2.24) is 10.2 Å². The molecule has 1 N–H and O–H groups in total. The average Bonchev–Trinajstić information content (AvgIpc) is 2.99. The molecule has 0 saturated carbocycles. The quantitative estimate of drug-likeness (QED) is 0.303. The molecular formula is C29H33ClFN3O7S. The van der Waals surface area contributed by atoms with Crippen LogP contribution in [0.15, 0.2) is 65.6 Å². The fourth-order valence-electron chi connectivity index (χ4n) is 4.35. The van der Waals surface area contributed by atoms with Crippen LogP contribution in [-0.2, 0) is 26.2 Å². The maximum Gasteiger partial charge on any atom is 0.265 e. The lowest BCUT2D eigenvalue weighted by Gasteiger charge is -2.33. The highest BCUT2D eigenvalue weighted by molar-refractivity contribution is 7.92. The lowest BCUT2D eigenvalue weighted by Crippen LogP contribution is -2.51. The Balaban J connectivity index is 2.17. The maximum atomic E-state index is 14.2. The van der Waals surface area contributed by atoms with Crippen LogP contribution in [0, 0.1) is 5.82 Å². The van der Waals surface area contributed by atoms with E-state index in [1.165, 1.54) is 93.9 Å². The molecule has 0 saturated heterocycles. The Bertz CT molecular complexity index is 1520. The van der Waals surface area contributed by atoms with Gasteiger partial charge in [0.15, 0.2) is 11.5 Å². The summed E-state index contributed by atoms with van der Waals surface area (Å²) in [6.07, 6.45) is 0.232. The zero-order valence-electron chi connectivity index (χ0n) is 23.9. The van der Waals surface area contributed by atoms with Crippen molar-refractivity contribution in [3.8, 4) is 17.2 Å². The zero-order valence-corrected chi connectivity index (χ0v) is 25.5. The van der Waals surface area contributed by atoms with Gasteiger partial charge in [-0.1, -0.05) is 30.7 Å². The molecule has 3 rings (SSSR count). The van der Waals surface area contributed by atoms with Gasteiger partial charge in [-0.25, -0.2) is 12.8 Å². The molecule has 1 atom stereocenters. The number of halogens is 2. The molecule has 0 bridgehead atoms. The largest absolute Gasteiger partial charge is 0.495 e. The minimum absolute atomic E-state index is 0.00265. The summed E-state index contributed by atoms with van der Waals surface area (Å²) < 4.78 is 58.8. The van der Waals surface area contributed by atoms with Gasteiger partial charge < -0.3 is 24.4 Å². The third kappa shape index (κ3) is 7.24. The number of nitrogens with zero attached hydrogens (tertiary/aromatic N) is 2. The Morgan fingerprint density at radius 1 is 0.929 bits per heavy atom. The number of hydrogen-bond acceptors (Lipinski definition) is 7. The predicted molar refractivity (Wildman–Crippen MR) is 157 cm³/mol. The number of hydrogen-bond donors (Lipinski definition) is 1. The summed E-state index contributed by atoms with van der Waals surface area (Å²) in [4.78, 5) is 27.9. The van der Waals surface area contributed by atoms with E-state index in [1.54, 1.807) is 6.92 Å². The average molecular weight is 622 g/mol. The molecule has 3 aromatic rings. The van der Waals surface area contributed by atoms with Gasteiger partial charge in [0.25, 0.3) is 10.0 Å². The first kappa shape index (κ1) is 32.5. The van der Waals surface area contributed by atoms with Gasteiger partial charge in [0, 0.05) is 24.7 Å². The van der Waals surface area contributed by atoms with E-state index in [0.29, 0.717) is 11.3 Å². The van der Waals surface area contributed by atoms with E-state index in [-0.39, 0.29) is 40.1 Å². The van der Waals surface area contributed by atoms with Crippen LogP contribution in [0.5, 0.6) is 17.2 Å². The van der Waals surface area contributed by atoms with Crippen molar-refractivity contribution in [3.05, 3.63) is 77.1 Å². The van der Waals surface area contributed by atoms with Crippen LogP contribution >= 0.6 is 11.6 Å². The van der Waals surface area contributed by atoms with Gasteiger partial charge in [-0.3, -0.25) is 13.9 Å². The molecule has 226 valence electrons. The molecule has 0 aliphatic rings. The van der Waals surface area contributed by atoms with Gasteiger partial charge in [-0.05, 0) is 54.4 Å². The lowest BCUT2D eigenvalue weighted by molar-refractivity contribution is -0.140. The van der Waals surface area contributed by atoms with Gasteiger partial charge >= 0.3 is 0 Å². The molecule has 10 nitrogen and oxygen atoms in total. The minimum Gasteiger partial charge on any atom is -0.495 e. The number of likely N-dealkylation sites (N-methyl/N-ethyl adjacent to an activating group) is 1. The maximum absolute atomic E-state index is 14.2. The Hall–Kier alpha value is -4.03. The molecule has 0 aliphatic carbocycles. The van der Waals surface area contributed by atoms with Crippen LogP contribution in [0.3, 0.4) is 0 Å². The van der Waals surface area contributed by atoms with Crippen LogP contribution in [-0.4, -0.2) is 66.1 Å². The summed E-state index contributed by atoms with van der Waals surface area (Å²) in [5.74, 6) is -0.994. The smallest absolute Gasteiger partial charge is 0.265 e. The molecule has 2 amide bonds. The van der Waals surface area contributed by atoms with E-state index in [1.807, 2.05) is 0 Å². The number of benzene rings is 3. The van der Waals surface area contributed by atoms with Crippen LogP contribution in [0.25, 0.3) is 0 Å². The minimum atomic E-state index is -4.46. The fraction of sp³-hybridized carbons (Fsp3) is 0.310. The monoisotopic (exact) mass is 621 g/mol. The normalized spacial score (nSPS) is 11.8. The number of methoxy groups -OCH3 is 3. The number of anilines is 1. The van der Waals surface area contributed by atoms with E-state index in [4.69, 9.17) is 25.8 Å². The third-order valence-corrected chi connectivity index (χ3v) is 8.52. The first-order chi connectivity index (χ1) is 20.0. The van der Waals surface area contributed by atoms with Gasteiger partial charge in [-0.2, -0.15) is 0 Å². The molecule has 0 aromatic heterocycles. The summed E-state index contributed by atoms with van der Waals surface area (Å²) >= 11 is 6.26. The highest BCUT2D eigenvalue weighted by Crippen LogP contribution is 2.37. The van der Waals surface area contributed by atoms with Crippen molar-refractivity contribution >= 4 is 39.1 Å². The third-order valence-electron chi connectivity index (χ3n) is 6.53. The van der Waals surface area contributed by atoms with E-state index in [2.05, 4.69) is 5.32 Å². The van der Waals surface area contributed by atoms with E-state index >= 15 is 0 Å². The Morgan fingerprint density at radius 2 is 1.55 bits per heavy atom. The molecule has 0 heterocycles. The van der Waals surface area contributed by atoms with Gasteiger partial charge in [0.2, 0.25) is 11.8 Å². The van der Waals surface area contributed by atoms with Crippen molar-refractivity contribution in [2.75, 3.05) is 39.2 Å². The second-order valence-corrected chi connectivity index (χ2v) is 11.3. The fourth-order valence-corrected chi connectivity index (χ4v) is 5.95. The summed E-state index contributed by atoms with van der Waals surface area (Å²) in [6.45, 7) is 0.924. The van der Waals surface area contributed by atoms with Gasteiger partial charge in [0.1, 0.15) is 24.2 Å².